The molecule has 0 fully saturated rings. The molecule has 0 bridgehead atoms. The first-order valence-corrected chi connectivity index (χ1v) is 8.81. The summed E-state index contributed by atoms with van der Waals surface area (Å²) in [7, 11) is 3.14. The van der Waals surface area contributed by atoms with Crippen molar-refractivity contribution in [3.63, 3.8) is 0 Å². The first-order valence-electron chi connectivity index (χ1n) is 8.43. The quantitative estimate of drug-likeness (QED) is 0.725. The van der Waals surface area contributed by atoms with Crippen molar-refractivity contribution in [1.29, 1.82) is 0 Å². The predicted molar refractivity (Wildman–Crippen MR) is 104 cm³/mol. The summed E-state index contributed by atoms with van der Waals surface area (Å²) in [4.78, 5) is 23.9. The lowest BCUT2D eigenvalue weighted by Crippen LogP contribution is -2.32. The van der Waals surface area contributed by atoms with Gasteiger partial charge in [-0.1, -0.05) is 23.7 Å². The highest BCUT2D eigenvalue weighted by Crippen LogP contribution is 2.25. The van der Waals surface area contributed by atoms with Crippen LogP contribution < -0.4 is 20.1 Å². The Balaban J connectivity index is 2.03. The van der Waals surface area contributed by atoms with Gasteiger partial charge in [-0.2, -0.15) is 0 Å². The first kappa shape index (κ1) is 20.6. The fourth-order valence-corrected chi connectivity index (χ4v) is 2.77. The molecule has 2 amide bonds. The molecule has 2 aromatic carbocycles. The largest absolute Gasteiger partial charge is 0.497 e. The van der Waals surface area contributed by atoms with Crippen molar-refractivity contribution in [3.05, 3.63) is 58.6 Å². The molecule has 2 N–H and O–H groups in total. The van der Waals surface area contributed by atoms with E-state index in [2.05, 4.69) is 10.6 Å². The Morgan fingerprint density at radius 3 is 2.37 bits per heavy atom. The molecule has 0 aliphatic heterocycles. The van der Waals surface area contributed by atoms with Gasteiger partial charge in [-0.05, 0) is 29.8 Å². The van der Waals surface area contributed by atoms with Crippen LogP contribution in [-0.2, 0) is 16.1 Å². The number of rotatable bonds is 8. The molecule has 6 nitrogen and oxygen atoms in total. The van der Waals surface area contributed by atoms with E-state index in [1.807, 2.05) is 6.07 Å². The molecule has 0 heterocycles. The topological polar surface area (TPSA) is 76.7 Å². The molecule has 2 aromatic rings. The van der Waals surface area contributed by atoms with Crippen molar-refractivity contribution in [3.8, 4) is 11.5 Å². The average molecular weight is 391 g/mol. The third-order valence-corrected chi connectivity index (χ3v) is 4.26. The van der Waals surface area contributed by atoms with E-state index in [4.69, 9.17) is 21.1 Å². The molecule has 0 saturated heterocycles. The molecule has 0 radical (unpaired) electrons. The highest BCUT2D eigenvalue weighted by Gasteiger charge is 2.17. The summed E-state index contributed by atoms with van der Waals surface area (Å²) in [6.45, 7) is 1.72. The number of hydrogen-bond acceptors (Lipinski definition) is 4. The summed E-state index contributed by atoms with van der Waals surface area (Å²) in [5, 5.41) is 6.25. The van der Waals surface area contributed by atoms with Gasteiger partial charge < -0.3 is 20.1 Å². The molecular weight excluding hydrogens is 368 g/mol. The van der Waals surface area contributed by atoms with Gasteiger partial charge in [0.25, 0.3) is 0 Å². The molecule has 0 spiro atoms. The number of carbonyl (C=O) groups excluding carboxylic acids is 2. The summed E-state index contributed by atoms with van der Waals surface area (Å²) < 4.78 is 10.5. The monoisotopic (exact) mass is 390 g/mol. The molecule has 0 aliphatic rings. The standard InChI is InChI=1S/C20H23ClN2O4/c1-13(24)23-18(14-4-7-16(21)8-5-14)11-20(25)22-12-15-6-9-17(26-2)10-19(15)27-3/h4-10,18H,11-12H2,1-3H3,(H,22,25)(H,23,24). The second-order valence-corrected chi connectivity index (χ2v) is 6.40. The van der Waals surface area contributed by atoms with Crippen molar-refractivity contribution < 1.29 is 19.1 Å². The van der Waals surface area contributed by atoms with Crippen LogP contribution in [0.5, 0.6) is 11.5 Å². The number of ether oxygens (including phenoxy) is 2. The lowest BCUT2D eigenvalue weighted by atomic mass is 10.0. The first-order chi connectivity index (χ1) is 12.9. The van der Waals surface area contributed by atoms with E-state index in [1.54, 1.807) is 50.6 Å². The van der Waals surface area contributed by atoms with Crippen LogP contribution in [0.25, 0.3) is 0 Å². The van der Waals surface area contributed by atoms with Crippen LogP contribution in [0.1, 0.15) is 30.5 Å². The van der Waals surface area contributed by atoms with Crippen molar-refractivity contribution in [2.45, 2.75) is 25.9 Å². The van der Waals surface area contributed by atoms with Gasteiger partial charge in [0.15, 0.2) is 0 Å². The number of carbonyl (C=O) groups is 2. The van der Waals surface area contributed by atoms with E-state index in [0.717, 1.165) is 11.1 Å². The maximum atomic E-state index is 12.4. The van der Waals surface area contributed by atoms with E-state index in [-0.39, 0.29) is 18.2 Å². The molecule has 0 saturated carbocycles. The van der Waals surface area contributed by atoms with Crippen LogP contribution in [0.4, 0.5) is 0 Å². The van der Waals surface area contributed by atoms with Crippen molar-refractivity contribution in [2.24, 2.45) is 0 Å². The average Bonchev–Trinajstić information content (AvgIpc) is 2.66. The Labute approximate surface area is 163 Å². The summed E-state index contributed by atoms with van der Waals surface area (Å²) in [6.07, 6.45) is 0.111. The maximum Gasteiger partial charge on any atom is 0.222 e. The smallest absolute Gasteiger partial charge is 0.222 e. The third kappa shape index (κ3) is 6.18. The minimum Gasteiger partial charge on any atom is -0.497 e. The Bertz CT molecular complexity index is 793. The van der Waals surface area contributed by atoms with Gasteiger partial charge in [-0.15, -0.1) is 0 Å². The minimum atomic E-state index is -0.433. The second-order valence-electron chi connectivity index (χ2n) is 5.96. The molecule has 2 rings (SSSR count). The second kappa shape index (κ2) is 9.83. The van der Waals surface area contributed by atoms with E-state index in [9.17, 15) is 9.59 Å². The van der Waals surface area contributed by atoms with Gasteiger partial charge in [0.1, 0.15) is 11.5 Å². The fourth-order valence-electron chi connectivity index (χ4n) is 2.64. The summed E-state index contributed by atoms with van der Waals surface area (Å²) in [5.41, 5.74) is 1.64. The van der Waals surface area contributed by atoms with Crippen LogP contribution in [-0.4, -0.2) is 26.0 Å². The number of amides is 2. The zero-order chi connectivity index (χ0) is 19.8. The van der Waals surface area contributed by atoms with Crippen LogP contribution in [0, 0.1) is 0 Å². The summed E-state index contributed by atoms with van der Waals surface area (Å²) in [6, 6.07) is 12.0. The molecule has 0 aliphatic carbocycles. The molecule has 27 heavy (non-hydrogen) atoms. The Morgan fingerprint density at radius 2 is 1.78 bits per heavy atom. The Hall–Kier alpha value is -2.73. The van der Waals surface area contributed by atoms with Crippen molar-refractivity contribution in [1.82, 2.24) is 10.6 Å². The van der Waals surface area contributed by atoms with E-state index in [0.29, 0.717) is 23.1 Å². The SMILES string of the molecule is COc1ccc(CNC(=O)CC(NC(C)=O)c2ccc(Cl)cc2)c(OC)c1. The Kier molecular flexibility index (Phi) is 7.49. The van der Waals surface area contributed by atoms with Crippen molar-refractivity contribution >= 4 is 23.4 Å². The number of hydrogen-bond donors (Lipinski definition) is 2. The van der Waals surface area contributed by atoms with Gasteiger partial charge in [0.05, 0.1) is 26.7 Å². The molecule has 7 heteroatoms. The van der Waals surface area contributed by atoms with Crippen LogP contribution >= 0.6 is 11.6 Å². The summed E-state index contributed by atoms with van der Waals surface area (Å²) in [5.74, 6) is 0.905. The molecule has 144 valence electrons. The number of methoxy groups -OCH3 is 2. The Morgan fingerprint density at radius 1 is 1.07 bits per heavy atom. The van der Waals surface area contributed by atoms with Gasteiger partial charge >= 0.3 is 0 Å². The maximum absolute atomic E-state index is 12.4. The lowest BCUT2D eigenvalue weighted by molar-refractivity contribution is -0.122. The zero-order valence-electron chi connectivity index (χ0n) is 15.5. The van der Waals surface area contributed by atoms with Crippen LogP contribution in [0.15, 0.2) is 42.5 Å². The molecular formula is C20H23ClN2O4. The molecule has 1 unspecified atom stereocenters. The number of halogens is 1. The van der Waals surface area contributed by atoms with Crippen LogP contribution in [0.3, 0.4) is 0 Å². The van der Waals surface area contributed by atoms with E-state index < -0.39 is 6.04 Å². The van der Waals surface area contributed by atoms with Gasteiger partial charge in [-0.25, -0.2) is 0 Å². The summed E-state index contributed by atoms with van der Waals surface area (Å²) >= 11 is 5.91. The zero-order valence-corrected chi connectivity index (χ0v) is 16.3. The molecule has 0 aromatic heterocycles. The highest BCUT2D eigenvalue weighted by atomic mass is 35.5. The normalized spacial score (nSPS) is 11.4. The van der Waals surface area contributed by atoms with Gasteiger partial charge in [0.2, 0.25) is 11.8 Å². The van der Waals surface area contributed by atoms with Crippen LogP contribution in [0.2, 0.25) is 5.02 Å². The van der Waals surface area contributed by atoms with Gasteiger partial charge in [0, 0.05) is 30.1 Å². The number of nitrogens with one attached hydrogen (secondary N) is 2. The molecule has 1 atom stereocenters. The number of benzene rings is 2. The van der Waals surface area contributed by atoms with E-state index in [1.165, 1.54) is 6.92 Å². The predicted octanol–water partition coefficient (Wildman–Crippen LogP) is 3.24. The van der Waals surface area contributed by atoms with Gasteiger partial charge in [-0.3, -0.25) is 9.59 Å². The lowest BCUT2D eigenvalue weighted by Gasteiger charge is -2.18. The minimum absolute atomic E-state index is 0.111. The van der Waals surface area contributed by atoms with Crippen molar-refractivity contribution in [2.75, 3.05) is 14.2 Å². The van der Waals surface area contributed by atoms with E-state index >= 15 is 0 Å². The third-order valence-electron chi connectivity index (χ3n) is 4.01. The fraction of sp³-hybridized carbons (Fsp3) is 0.300. The highest BCUT2D eigenvalue weighted by molar-refractivity contribution is 6.30.